The first-order chi connectivity index (χ1) is 10.1. The average Bonchev–Trinajstić information content (AvgIpc) is 3.13. The zero-order valence-corrected chi connectivity index (χ0v) is 14.7. The van der Waals surface area contributed by atoms with Gasteiger partial charge in [0.25, 0.3) is 0 Å². The fraction of sp³-hybridized carbons (Fsp3) is 0.778. The van der Waals surface area contributed by atoms with Crippen LogP contribution in [0.4, 0.5) is 0 Å². The maximum Gasteiger partial charge on any atom is 0.0338 e. The van der Waals surface area contributed by atoms with Crippen LogP contribution in [0.3, 0.4) is 0 Å². The third-order valence-electron chi connectivity index (χ3n) is 5.78. The molecule has 1 atom stereocenters. The third-order valence-corrected chi connectivity index (χ3v) is 7.00. The van der Waals surface area contributed by atoms with Gasteiger partial charge in [-0.1, -0.05) is 26.7 Å². The lowest BCUT2D eigenvalue weighted by Crippen LogP contribution is -2.67. The normalized spacial score (nSPS) is 29.3. The summed E-state index contributed by atoms with van der Waals surface area (Å²) >= 11 is 2.01. The maximum absolute atomic E-state index is 3.87. The molecule has 3 heteroatoms. The van der Waals surface area contributed by atoms with E-state index in [0.29, 0.717) is 11.1 Å². The van der Waals surface area contributed by atoms with Crippen molar-refractivity contribution in [1.82, 2.24) is 10.2 Å². The van der Waals surface area contributed by atoms with Gasteiger partial charge in [-0.15, -0.1) is 11.3 Å². The molecule has 0 amide bonds. The van der Waals surface area contributed by atoms with E-state index < -0.39 is 0 Å². The van der Waals surface area contributed by atoms with Crippen molar-refractivity contribution in [1.29, 1.82) is 0 Å². The molecule has 1 aliphatic carbocycles. The van der Waals surface area contributed by atoms with Crippen LogP contribution in [0.5, 0.6) is 0 Å². The summed E-state index contributed by atoms with van der Waals surface area (Å²) in [5, 5.41) is 3.87. The molecule has 1 saturated heterocycles. The predicted molar refractivity (Wildman–Crippen MR) is 92.0 cm³/mol. The number of nitrogens with one attached hydrogen (secondary N) is 1. The second kappa shape index (κ2) is 6.02. The summed E-state index contributed by atoms with van der Waals surface area (Å²) in [5.41, 5.74) is 0.726. The van der Waals surface area contributed by atoms with Gasteiger partial charge in [-0.2, -0.15) is 0 Å². The Morgan fingerprint density at radius 3 is 2.52 bits per heavy atom. The quantitative estimate of drug-likeness (QED) is 0.897. The molecule has 0 bridgehead atoms. The van der Waals surface area contributed by atoms with Gasteiger partial charge in [0.15, 0.2) is 0 Å². The van der Waals surface area contributed by atoms with Crippen LogP contribution in [0, 0.1) is 0 Å². The van der Waals surface area contributed by atoms with Gasteiger partial charge >= 0.3 is 0 Å². The smallest absolute Gasteiger partial charge is 0.0338 e. The van der Waals surface area contributed by atoms with Gasteiger partial charge in [-0.05, 0) is 44.7 Å². The predicted octanol–water partition coefficient (Wildman–Crippen LogP) is 4.20. The lowest BCUT2D eigenvalue weighted by atomic mass is 9.85. The highest BCUT2D eigenvalue weighted by Gasteiger charge is 2.46. The molecule has 0 radical (unpaired) electrons. The molecule has 21 heavy (non-hydrogen) atoms. The first-order valence-corrected chi connectivity index (χ1v) is 9.48. The Balaban J connectivity index is 1.79. The molecule has 1 aliphatic heterocycles. The van der Waals surface area contributed by atoms with E-state index in [2.05, 4.69) is 43.1 Å². The summed E-state index contributed by atoms with van der Waals surface area (Å²) in [5.74, 6) is 0. The van der Waals surface area contributed by atoms with Crippen molar-refractivity contribution in [2.75, 3.05) is 13.1 Å². The van der Waals surface area contributed by atoms with Gasteiger partial charge in [0.05, 0.1) is 0 Å². The number of aryl methyl sites for hydroxylation is 1. The minimum absolute atomic E-state index is 0.290. The van der Waals surface area contributed by atoms with Crippen molar-refractivity contribution in [3.63, 3.8) is 0 Å². The first kappa shape index (κ1) is 15.5. The Hall–Kier alpha value is -0.380. The largest absolute Gasteiger partial charge is 0.308 e. The van der Waals surface area contributed by atoms with Gasteiger partial charge in [0.2, 0.25) is 0 Å². The Morgan fingerprint density at radius 1 is 1.19 bits per heavy atom. The van der Waals surface area contributed by atoms with Crippen LogP contribution in [0.25, 0.3) is 0 Å². The number of hydrogen-bond acceptors (Lipinski definition) is 3. The van der Waals surface area contributed by atoms with Gasteiger partial charge in [0.1, 0.15) is 0 Å². The highest BCUT2D eigenvalue weighted by Crippen LogP contribution is 2.40. The Morgan fingerprint density at radius 2 is 1.90 bits per heavy atom. The van der Waals surface area contributed by atoms with E-state index >= 15 is 0 Å². The third kappa shape index (κ3) is 3.06. The summed E-state index contributed by atoms with van der Waals surface area (Å²) in [7, 11) is 0. The van der Waals surface area contributed by atoms with Gasteiger partial charge in [-0.25, -0.2) is 0 Å². The highest BCUT2D eigenvalue weighted by molar-refractivity contribution is 7.11. The van der Waals surface area contributed by atoms with Crippen LogP contribution in [-0.2, 0) is 13.0 Å². The van der Waals surface area contributed by atoms with E-state index in [9.17, 15) is 0 Å². The van der Waals surface area contributed by atoms with E-state index in [1.54, 1.807) is 4.88 Å². The molecule has 3 rings (SSSR count). The van der Waals surface area contributed by atoms with Crippen LogP contribution >= 0.6 is 11.3 Å². The molecule has 1 spiro atoms. The number of hydrogen-bond donors (Lipinski definition) is 1. The minimum atomic E-state index is 0.290. The molecule has 1 aromatic rings. The van der Waals surface area contributed by atoms with Crippen LogP contribution in [0.15, 0.2) is 12.1 Å². The fourth-order valence-corrected chi connectivity index (χ4v) is 4.98. The second-order valence-electron chi connectivity index (χ2n) is 7.28. The van der Waals surface area contributed by atoms with E-state index in [4.69, 9.17) is 0 Å². The molecule has 2 nitrogen and oxygen atoms in total. The molecule has 1 N–H and O–H groups in total. The molecule has 1 unspecified atom stereocenters. The molecular formula is C18H30N2S. The first-order valence-electron chi connectivity index (χ1n) is 8.67. The minimum Gasteiger partial charge on any atom is -0.308 e. The number of rotatable bonds is 4. The summed E-state index contributed by atoms with van der Waals surface area (Å²) in [6.45, 7) is 10.5. The fourth-order valence-electron chi connectivity index (χ4n) is 4.01. The summed E-state index contributed by atoms with van der Waals surface area (Å²) < 4.78 is 0. The standard InChI is InChI=1S/C18H30N2S/c1-4-15-8-9-16(21-15)12-20-14-17(3,5-2)19-13-18(20)10-6-7-11-18/h8-9,19H,4-7,10-14H2,1-3H3. The molecule has 1 aromatic heterocycles. The highest BCUT2D eigenvalue weighted by atomic mass is 32.1. The summed E-state index contributed by atoms with van der Waals surface area (Å²) in [6, 6.07) is 4.68. The summed E-state index contributed by atoms with van der Waals surface area (Å²) in [6.07, 6.45) is 7.96. The average molecular weight is 307 g/mol. The van der Waals surface area contributed by atoms with Gasteiger partial charge in [-0.3, -0.25) is 4.90 Å². The van der Waals surface area contributed by atoms with Gasteiger partial charge in [0, 0.05) is 40.5 Å². The zero-order valence-electron chi connectivity index (χ0n) is 13.9. The van der Waals surface area contributed by atoms with Crippen LogP contribution in [0.2, 0.25) is 0 Å². The molecular weight excluding hydrogens is 276 g/mol. The van der Waals surface area contributed by atoms with Crippen molar-refractivity contribution in [3.8, 4) is 0 Å². The van der Waals surface area contributed by atoms with E-state index in [1.807, 2.05) is 11.3 Å². The SMILES string of the molecule is CCc1ccc(CN2CC(C)(CC)NCC23CCCC3)s1. The number of piperazine rings is 1. The van der Waals surface area contributed by atoms with Crippen LogP contribution < -0.4 is 5.32 Å². The van der Waals surface area contributed by atoms with Crippen molar-refractivity contribution in [2.24, 2.45) is 0 Å². The number of nitrogens with zero attached hydrogens (tertiary/aromatic N) is 1. The Labute approximate surface area is 133 Å². The molecule has 2 heterocycles. The topological polar surface area (TPSA) is 15.3 Å². The van der Waals surface area contributed by atoms with Gasteiger partial charge < -0.3 is 5.32 Å². The van der Waals surface area contributed by atoms with Crippen molar-refractivity contribution in [3.05, 3.63) is 21.9 Å². The Kier molecular flexibility index (Phi) is 4.45. The molecule has 2 aliphatic rings. The molecule has 118 valence electrons. The Bertz CT molecular complexity index is 475. The monoisotopic (exact) mass is 306 g/mol. The van der Waals surface area contributed by atoms with E-state index in [1.165, 1.54) is 56.5 Å². The van der Waals surface area contributed by atoms with Crippen LogP contribution in [-0.4, -0.2) is 29.1 Å². The zero-order chi connectivity index (χ0) is 14.9. The summed E-state index contributed by atoms with van der Waals surface area (Å²) in [4.78, 5) is 5.91. The molecule has 2 fully saturated rings. The molecule has 0 aromatic carbocycles. The van der Waals surface area contributed by atoms with Crippen molar-refractivity contribution < 1.29 is 0 Å². The number of thiophene rings is 1. The lowest BCUT2D eigenvalue weighted by molar-refractivity contribution is 0.00606. The van der Waals surface area contributed by atoms with E-state index in [0.717, 1.165) is 6.54 Å². The second-order valence-corrected chi connectivity index (χ2v) is 8.53. The van der Waals surface area contributed by atoms with E-state index in [-0.39, 0.29) is 0 Å². The van der Waals surface area contributed by atoms with Crippen LogP contribution in [0.1, 0.15) is 62.6 Å². The maximum atomic E-state index is 3.87. The molecule has 1 saturated carbocycles. The van der Waals surface area contributed by atoms with Crippen molar-refractivity contribution in [2.45, 2.75) is 76.9 Å². The van der Waals surface area contributed by atoms with Crippen molar-refractivity contribution >= 4 is 11.3 Å². The lowest BCUT2D eigenvalue weighted by Gasteiger charge is -2.52.